The van der Waals surface area contributed by atoms with Gasteiger partial charge in [0.25, 0.3) is 0 Å². The van der Waals surface area contributed by atoms with Crippen molar-refractivity contribution in [1.29, 1.82) is 0 Å². The van der Waals surface area contributed by atoms with Crippen LogP contribution in [0.2, 0.25) is 5.02 Å². The van der Waals surface area contributed by atoms with Crippen LogP contribution in [0.1, 0.15) is 46.5 Å². The van der Waals surface area contributed by atoms with Crippen LogP contribution in [0, 0.1) is 0 Å². The van der Waals surface area contributed by atoms with Crippen molar-refractivity contribution in [1.82, 2.24) is 14.1 Å². The number of aryl methyl sites for hydroxylation is 3. The molecule has 6 nitrogen and oxygen atoms in total. The highest BCUT2D eigenvalue weighted by Crippen LogP contribution is 2.30. The van der Waals surface area contributed by atoms with Crippen LogP contribution in [0.4, 0.5) is 0 Å². The molecule has 2 heterocycles. The molecule has 0 saturated carbocycles. The van der Waals surface area contributed by atoms with Crippen LogP contribution in [-0.2, 0) is 60.8 Å². The van der Waals surface area contributed by atoms with Gasteiger partial charge in [-0.05, 0) is 66.6 Å². The number of hydrogen-bond donors (Lipinski definition) is 0. The van der Waals surface area contributed by atoms with Crippen molar-refractivity contribution in [3.05, 3.63) is 81.1 Å². The van der Waals surface area contributed by atoms with Gasteiger partial charge in [0.2, 0.25) is 10.0 Å². The maximum atomic E-state index is 13.5. The third-order valence-corrected chi connectivity index (χ3v) is 8.76. The van der Waals surface area contributed by atoms with Crippen LogP contribution in [0.3, 0.4) is 0 Å². The Morgan fingerprint density at radius 3 is 2.55 bits per heavy atom. The molecule has 5 rings (SSSR count). The van der Waals surface area contributed by atoms with Gasteiger partial charge in [-0.2, -0.15) is 9.40 Å². The first-order valence-electron chi connectivity index (χ1n) is 11.4. The fourth-order valence-electron chi connectivity index (χ4n) is 4.83. The summed E-state index contributed by atoms with van der Waals surface area (Å²) in [6.45, 7) is 1.55. The topological polar surface area (TPSA) is 64.4 Å². The van der Waals surface area contributed by atoms with E-state index in [2.05, 4.69) is 5.10 Å². The molecule has 0 N–H and O–H groups in total. The fraction of sp³-hybridized carbons (Fsp3) is 0.400. The normalized spacial score (nSPS) is 16.4. The van der Waals surface area contributed by atoms with Crippen molar-refractivity contribution in [2.75, 3.05) is 6.54 Å². The molecule has 174 valence electrons. The summed E-state index contributed by atoms with van der Waals surface area (Å²) in [5, 5.41) is 5.33. The molecule has 33 heavy (non-hydrogen) atoms. The summed E-state index contributed by atoms with van der Waals surface area (Å²) >= 11 is 5.95. The molecule has 2 aliphatic rings. The minimum absolute atomic E-state index is 0.322. The van der Waals surface area contributed by atoms with E-state index < -0.39 is 10.0 Å². The van der Waals surface area contributed by atoms with E-state index in [1.165, 1.54) is 17.5 Å². The van der Waals surface area contributed by atoms with Crippen molar-refractivity contribution < 1.29 is 13.2 Å². The molecule has 2 aromatic carbocycles. The molecular weight excluding hydrogens is 458 g/mol. The Morgan fingerprint density at radius 2 is 1.76 bits per heavy atom. The fourth-order valence-corrected chi connectivity index (χ4v) is 6.42. The quantitative estimate of drug-likeness (QED) is 0.518. The zero-order valence-corrected chi connectivity index (χ0v) is 20.3. The molecule has 0 spiro atoms. The maximum Gasteiger partial charge on any atom is 0.243 e. The summed E-state index contributed by atoms with van der Waals surface area (Å²) in [6, 6.07) is 13.2. The Balaban J connectivity index is 1.33. The molecular formula is C25H28ClN3O3S. The lowest BCUT2D eigenvalue weighted by Crippen LogP contribution is -2.36. The number of sulfonamides is 1. The zero-order valence-electron chi connectivity index (χ0n) is 18.8. The highest BCUT2D eigenvalue weighted by atomic mass is 35.5. The molecule has 1 aliphatic heterocycles. The Kier molecular flexibility index (Phi) is 6.31. The summed E-state index contributed by atoms with van der Waals surface area (Å²) in [4.78, 5) is 0.399. The number of ether oxygens (including phenoxy) is 1. The summed E-state index contributed by atoms with van der Waals surface area (Å²) in [5.74, 6) is 0. The van der Waals surface area contributed by atoms with Gasteiger partial charge in [0.15, 0.2) is 0 Å². The molecule has 0 radical (unpaired) electrons. The number of benzene rings is 2. The van der Waals surface area contributed by atoms with Crippen molar-refractivity contribution in [2.45, 2.75) is 56.8 Å². The van der Waals surface area contributed by atoms with Crippen LogP contribution >= 0.6 is 11.6 Å². The first-order chi connectivity index (χ1) is 15.9. The summed E-state index contributed by atoms with van der Waals surface area (Å²) in [6.07, 6.45) is 4.94. The van der Waals surface area contributed by atoms with Gasteiger partial charge in [0, 0.05) is 42.8 Å². The zero-order chi connectivity index (χ0) is 23.0. The van der Waals surface area contributed by atoms with Gasteiger partial charge in [-0.25, -0.2) is 8.42 Å². The largest absolute Gasteiger partial charge is 0.370 e. The summed E-state index contributed by atoms with van der Waals surface area (Å²) < 4.78 is 36.3. The van der Waals surface area contributed by atoms with Crippen molar-refractivity contribution in [3.8, 4) is 0 Å². The standard InChI is InChI=1S/C25H28ClN3O3S/c1-28-25-12-13-29(33(30,31)22-11-8-19-4-2-3-5-20(19)14-22)15-23(25)24(27-28)17-32-16-18-6-9-21(26)10-7-18/h6-11,14H,2-5,12-13,15-17H2,1H3. The third kappa shape index (κ3) is 4.60. The predicted octanol–water partition coefficient (Wildman–Crippen LogP) is 4.42. The van der Waals surface area contributed by atoms with Crippen molar-refractivity contribution >= 4 is 21.6 Å². The maximum absolute atomic E-state index is 13.5. The average Bonchev–Trinajstić information content (AvgIpc) is 3.15. The van der Waals surface area contributed by atoms with Crippen molar-refractivity contribution in [2.24, 2.45) is 7.05 Å². The number of nitrogens with zero attached hydrogens (tertiary/aromatic N) is 3. The second-order valence-electron chi connectivity index (χ2n) is 8.84. The molecule has 0 bridgehead atoms. The van der Waals surface area contributed by atoms with Gasteiger partial charge < -0.3 is 4.74 Å². The van der Waals surface area contributed by atoms with E-state index in [0.29, 0.717) is 42.6 Å². The van der Waals surface area contributed by atoms with E-state index in [4.69, 9.17) is 16.3 Å². The lowest BCUT2D eigenvalue weighted by molar-refractivity contribution is 0.103. The van der Waals surface area contributed by atoms with Gasteiger partial charge in [-0.1, -0.05) is 29.8 Å². The lowest BCUT2D eigenvalue weighted by Gasteiger charge is -2.27. The Morgan fingerprint density at radius 1 is 1.00 bits per heavy atom. The molecule has 1 aromatic heterocycles. The Hall–Kier alpha value is -2.19. The Labute approximate surface area is 200 Å². The van der Waals surface area contributed by atoms with Crippen LogP contribution in [0.25, 0.3) is 0 Å². The summed E-state index contributed by atoms with van der Waals surface area (Å²) in [7, 11) is -1.66. The monoisotopic (exact) mass is 485 g/mol. The van der Waals surface area contributed by atoms with Gasteiger partial charge in [-0.3, -0.25) is 4.68 Å². The van der Waals surface area contributed by atoms with Crippen molar-refractivity contribution in [3.63, 3.8) is 0 Å². The number of rotatable bonds is 6. The highest BCUT2D eigenvalue weighted by Gasteiger charge is 2.32. The molecule has 0 fully saturated rings. The molecule has 8 heteroatoms. The second-order valence-corrected chi connectivity index (χ2v) is 11.2. The minimum Gasteiger partial charge on any atom is -0.370 e. The molecule has 3 aromatic rings. The SMILES string of the molecule is Cn1nc(COCc2ccc(Cl)cc2)c2c1CCN(S(=O)(=O)c1ccc3c(c1)CCCC3)C2. The van der Waals surface area contributed by atoms with Crippen LogP contribution < -0.4 is 0 Å². The minimum atomic E-state index is -3.57. The molecule has 1 aliphatic carbocycles. The average molecular weight is 486 g/mol. The first kappa shape index (κ1) is 22.6. The molecule has 0 amide bonds. The lowest BCUT2D eigenvalue weighted by atomic mass is 9.92. The van der Waals surface area contributed by atoms with E-state index in [0.717, 1.165) is 41.8 Å². The Bertz CT molecular complexity index is 1270. The molecule has 0 saturated heterocycles. The van der Waals surface area contributed by atoms with E-state index in [-0.39, 0.29) is 0 Å². The van der Waals surface area contributed by atoms with Crippen LogP contribution in [0.15, 0.2) is 47.4 Å². The number of hydrogen-bond acceptors (Lipinski definition) is 4. The number of aromatic nitrogens is 2. The van der Waals surface area contributed by atoms with Gasteiger partial charge >= 0.3 is 0 Å². The third-order valence-electron chi connectivity index (χ3n) is 6.67. The first-order valence-corrected chi connectivity index (χ1v) is 13.2. The smallest absolute Gasteiger partial charge is 0.243 e. The van der Waals surface area contributed by atoms with Gasteiger partial charge in [-0.15, -0.1) is 0 Å². The van der Waals surface area contributed by atoms with Crippen LogP contribution in [-0.4, -0.2) is 29.0 Å². The van der Waals surface area contributed by atoms with Gasteiger partial charge in [0.1, 0.15) is 0 Å². The van der Waals surface area contributed by atoms with Gasteiger partial charge in [0.05, 0.1) is 23.8 Å². The highest BCUT2D eigenvalue weighted by molar-refractivity contribution is 7.89. The van der Waals surface area contributed by atoms with E-state index >= 15 is 0 Å². The van der Waals surface area contributed by atoms with Crippen LogP contribution in [0.5, 0.6) is 0 Å². The van der Waals surface area contributed by atoms with E-state index in [1.807, 2.05) is 48.1 Å². The molecule has 0 unspecified atom stereocenters. The molecule has 0 atom stereocenters. The van der Waals surface area contributed by atoms with E-state index in [9.17, 15) is 8.42 Å². The number of halogens is 1. The second kappa shape index (κ2) is 9.22. The van der Waals surface area contributed by atoms with E-state index in [1.54, 1.807) is 10.4 Å². The predicted molar refractivity (Wildman–Crippen MR) is 128 cm³/mol. The summed E-state index contributed by atoms with van der Waals surface area (Å²) in [5.41, 5.74) is 6.33. The number of fused-ring (bicyclic) bond motifs is 2.